The van der Waals surface area contributed by atoms with Gasteiger partial charge in [0.15, 0.2) is 5.13 Å². The fourth-order valence-corrected chi connectivity index (χ4v) is 5.14. The average Bonchev–Trinajstić information content (AvgIpc) is 3.19. The van der Waals surface area contributed by atoms with Crippen molar-refractivity contribution in [3.8, 4) is 0 Å². The zero-order valence-corrected chi connectivity index (χ0v) is 19.3. The van der Waals surface area contributed by atoms with Crippen LogP contribution in [0.3, 0.4) is 0 Å². The van der Waals surface area contributed by atoms with Crippen LogP contribution < -0.4 is 4.90 Å². The van der Waals surface area contributed by atoms with Crippen molar-refractivity contribution in [2.24, 2.45) is 0 Å². The minimum absolute atomic E-state index is 0.0219. The van der Waals surface area contributed by atoms with Gasteiger partial charge >= 0.3 is 0 Å². The van der Waals surface area contributed by atoms with Gasteiger partial charge in [-0.05, 0) is 49.9 Å². The lowest BCUT2D eigenvalue weighted by Gasteiger charge is -2.29. The molecule has 5 nitrogen and oxygen atoms in total. The molecule has 0 unspecified atom stereocenters. The summed E-state index contributed by atoms with van der Waals surface area (Å²) in [6, 6.07) is 12.3. The molecule has 0 atom stereocenters. The summed E-state index contributed by atoms with van der Waals surface area (Å²) in [6.45, 7) is 8.76. The molecular formula is C23H27N3O2S2. The van der Waals surface area contributed by atoms with Crippen LogP contribution in [-0.4, -0.2) is 61.4 Å². The van der Waals surface area contributed by atoms with Gasteiger partial charge in [0.05, 0.1) is 23.4 Å². The van der Waals surface area contributed by atoms with Crippen LogP contribution in [-0.2, 0) is 4.74 Å². The number of aryl methyl sites for hydroxylation is 2. The molecule has 1 aliphatic heterocycles. The van der Waals surface area contributed by atoms with Crippen molar-refractivity contribution >= 4 is 44.4 Å². The van der Waals surface area contributed by atoms with E-state index in [1.54, 1.807) is 23.1 Å². The number of fused-ring (bicyclic) bond motifs is 1. The number of benzene rings is 2. The van der Waals surface area contributed by atoms with Gasteiger partial charge in [0.25, 0.3) is 5.91 Å². The topological polar surface area (TPSA) is 45.7 Å². The van der Waals surface area contributed by atoms with Crippen molar-refractivity contribution in [2.75, 3.05) is 50.5 Å². The van der Waals surface area contributed by atoms with E-state index in [0.29, 0.717) is 6.54 Å². The van der Waals surface area contributed by atoms with E-state index in [1.807, 2.05) is 43.0 Å². The molecule has 0 radical (unpaired) electrons. The Morgan fingerprint density at radius 2 is 2.00 bits per heavy atom. The molecule has 1 saturated heterocycles. The van der Waals surface area contributed by atoms with Crippen LogP contribution in [0.2, 0.25) is 0 Å². The van der Waals surface area contributed by atoms with E-state index in [0.717, 1.165) is 64.9 Å². The summed E-state index contributed by atoms with van der Waals surface area (Å²) >= 11 is 3.31. The number of hydrogen-bond acceptors (Lipinski definition) is 6. The number of amides is 1. The Bertz CT molecular complexity index is 1040. The highest BCUT2D eigenvalue weighted by atomic mass is 32.2. The first-order chi connectivity index (χ1) is 14.5. The van der Waals surface area contributed by atoms with Crippen LogP contribution in [0, 0.1) is 13.8 Å². The molecule has 2 heterocycles. The van der Waals surface area contributed by atoms with Crippen LogP contribution in [0.5, 0.6) is 0 Å². The first-order valence-corrected chi connectivity index (χ1v) is 12.2. The third-order valence-electron chi connectivity index (χ3n) is 5.43. The Labute approximate surface area is 186 Å². The molecule has 0 N–H and O–H groups in total. The van der Waals surface area contributed by atoms with Gasteiger partial charge in [0.2, 0.25) is 0 Å². The Morgan fingerprint density at radius 3 is 2.77 bits per heavy atom. The summed E-state index contributed by atoms with van der Waals surface area (Å²) in [6.07, 6.45) is 2.07. The Hall–Kier alpha value is -1.93. The summed E-state index contributed by atoms with van der Waals surface area (Å²) in [5.74, 6) is 0.0219. The number of thiazole rings is 1. The smallest absolute Gasteiger partial charge is 0.260 e. The summed E-state index contributed by atoms with van der Waals surface area (Å²) in [4.78, 5) is 23.9. The first-order valence-electron chi connectivity index (χ1n) is 10.2. The van der Waals surface area contributed by atoms with Crippen molar-refractivity contribution < 1.29 is 9.53 Å². The van der Waals surface area contributed by atoms with Crippen LogP contribution in [0.15, 0.2) is 41.3 Å². The van der Waals surface area contributed by atoms with E-state index in [9.17, 15) is 4.79 Å². The van der Waals surface area contributed by atoms with Gasteiger partial charge in [0.1, 0.15) is 0 Å². The second kappa shape index (κ2) is 9.47. The molecule has 1 fully saturated rings. The number of nitrogens with zero attached hydrogens (tertiary/aromatic N) is 3. The molecule has 7 heteroatoms. The molecule has 158 valence electrons. The fraction of sp³-hybridized carbons (Fsp3) is 0.391. The van der Waals surface area contributed by atoms with Crippen LogP contribution in [0.4, 0.5) is 5.13 Å². The number of aromatic nitrogens is 1. The Balaban J connectivity index is 1.67. The summed E-state index contributed by atoms with van der Waals surface area (Å²) in [7, 11) is 0. The minimum atomic E-state index is 0.0219. The maximum absolute atomic E-state index is 13.6. The van der Waals surface area contributed by atoms with Crippen LogP contribution in [0.25, 0.3) is 10.2 Å². The highest BCUT2D eigenvalue weighted by molar-refractivity contribution is 7.98. The van der Waals surface area contributed by atoms with E-state index in [4.69, 9.17) is 9.72 Å². The van der Waals surface area contributed by atoms with Gasteiger partial charge in [-0.25, -0.2) is 4.98 Å². The zero-order chi connectivity index (χ0) is 21.1. The predicted octanol–water partition coefficient (Wildman–Crippen LogP) is 4.61. The molecular weight excluding hydrogens is 414 g/mol. The van der Waals surface area contributed by atoms with Gasteiger partial charge in [0, 0.05) is 36.6 Å². The number of anilines is 1. The molecule has 2 aromatic carbocycles. The second-order valence-corrected chi connectivity index (χ2v) is 9.45. The van der Waals surface area contributed by atoms with Gasteiger partial charge in [-0.2, -0.15) is 0 Å². The van der Waals surface area contributed by atoms with Crippen molar-refractivity contribution in [1.82, 2.24) is 9.88 Å². The van der Waals surface area contributed by atoms with Crippen molar-refractivity contribution in [3.63, 3.8) is 0 Å². The molecule has 4 rings (SSSR count). The van der Waals surface area contributed by atoms with Crippen molar-refractivity contribution in [2.45, 2.75) is 18.7 Å². The van der Waals surface area contributed by atoms with E-state index in [-0.39, 0.29) is 5.91 Å². The lowest BCUT2D eigenvalue weighted by Crippen LogP contribution is -2.43. The second-order valence-electron chi connectivity index (χ2n) is 7.56. The minimum Gasteiger partial charge on any atom is -0.379 e. The zero-order valence-electron chi connectivity index (χ0n) is 17.7. The summed E-state index contributed by atoms with van der Waals surface area (Å²) in [5, 5.41) is 0.766. The number of carbonyl (C=O) groups is 1. The molecule has 1 amide bonds. The molecule has 0 aliphatic carbocycles. The molecule has 0 saturated carbocycles. The summed E-state index contributed by atoms with van der Waals surface area (Å²) < 4.78 is 6.58. The number of morpholine rings is 1. The van der Waals surface area contributed by atoms with Crippen LogP contribution >= 0.6 is 23.1 Å². The quantitative estimate of drug-likeness (QED) is 0.523. The highest BCUT2D eigenvalue weighted by Crippen LogP contribution is 2.32. The predicted molar refractivity (Wildman–Crippen MR) is 126 cm³/mol. The largest absolute Gasteiger partial charge is 0.379 e. The monoisotopic (exact) mass is 441 g/mol. The van der Waals surface area contributed by atoms with E-state index >= 15 is 0 Å². The van der Waals surface area contributed by atoms with E-state index in [2.05, 4.69) is 23.3 Å². The lowest BCUT2D eigenvalue weighted by molar-refractivity contribution is 0.0391. The number of hydrogen-bond donors (Lipinski definition) is 0. The normalized spacial score (nSPS) is 14.9. The van der Waals surface area contributed by atoms with E-state index in [1.165, 1.54) is 4.90 Å². The van der Waals surface area contributed by atoms with E-state index < -0.39 is 0 Å². The van der Waals surface area contributed by atoms with Crippen molar-refractivity contribution in [1.29, 1.82) is 0 Å². The Morgan fingerprint density at radius 1 is 1.20 bits per heavy atom. The molecule has 1 aliphatic rings. The highest BCUT2D eigenvalue weighted by Gasteiger charge is 2.24. The molecule has 30 heavy (non-hydrogen) atoms. The lowest BCUT2D eigenvalue weighted by atomic mass is 10.0. The van der Waals surface area contributed by atoms with Gasteiger partial charge in [-0.3, -0.25) is 14.6 Å². The molecule has 0 bridgehead atoms. The SMILES string of the molecule is CSc1ccc2nc(N(CCN3CCOCC3)C(=O)c3cc(C)ccc3C)sc2c1. The van der Waals surface area contributed by atoms with Crippen LogP contribution in [0.1, 0.15) is 21.5 Å². The maximum Gasteiger partial charge on any atom is 0.260 e. The number of thioether (sulfide) groups is 1. The molecule has 0 spiro atoms. The van der Waals surface area contributed by atoms with Gasteiger partial charge in [-0.1, -0.05) is 29.0 Å². The van der Waals surface area contributed by atoms with Gasteiger partial charge < -0.3 is 4.74 Å². The third-order valence-corrected chi connectivity index (χ3v) is 7.19. The van der Waals surface area contributed by atoms with Gasteiger partial charge in [-0.15, -0.1) is 11.8 Å². The number of carbonyl (C=O) groups excluding carboxylic acids is 1. The molecule has 1 aromatic heterocycles. The fourth-order valence-electron chi connectivity index (χ4n) is 3.60. The summed E-state index contributed by atoms with van der Waals surface area (Å²) in [5.41, 5.74) is 3.78. The number of rotatable bonds is 6. The third kappa shape index (κ3) is 4.70. The standard InChI is InChI=1S/C23H27N3O2S2/c1-16-4-5-17(2)19(14-16)22(27)26(9-8-25-10-12-28-13-11-25)23-24-20-7-6-18(29-3)15-21(20)30-23/h4-7,14-15H,8-13H2,1-3H3. The maximum atomic E-state index is 13.6. The Kier molecular flexibility index (Phi) is 6.73. The molecule has 3 aromatic rings. The average molecular weight is 442 g/mol. The number of ether oxygens (including phenoxy) is 1. The first kappa shape index (κ1) is 21.3. The van der Waals surface area contributed by atoms with Crippen molar-refractivity contribution in [3.05, 3.63) is 53.1 Å².